The van der Waals surface area contributed by atoms with E-state index < -0.39 is 0 Å². The van der Waals surface area contributed by atoms with Crippen LogP contribution in [0, 0.1) is 3.57 Å². The predicted octanol–water partition coefficient (Wildman–Crippen LogP) is 2.77. The second-order valence-electron chi connectivity index (χ2n) is 3.51. The van der Waals surface area contributed by atoms with Crippen molar-refractivity contribution in [3.8, 4) is 0 Å². The molecule has 0 N–H and O–H groups in total. The van der Waals surface area contributed by atoms with E-state index in [1.54, 1.807) is 4.90 Å². The first-order valence-electron chi connectivity index (χ1n) is 4.75. The van der Waals surface area contributed by atoms with Gasteiger partial charge in [-0.15, -0.1) is 0 Å². The fourth-order valence-electron chi connectivity index (χ4n) is 1.70. The molecule has 1 fully saturated rings. The van der Waals surface area contributed by atoms with Gasteiger partial charge in [0.25, 0.3) is 0 Å². The third-order valence-electron chi connectivity index (χ3n) is 2.61. The number of fused-ring (bicyclic) bond motifs is 1. The van der Waals surface area contributed by atoms with Crippen LogP contribution in [0.1, 0.15) is 6.42 Å². The minimum atomic E-state index is 0.145. The van der Waals surface area contributed by atoms with Crippen molar-refractivity contribution in [2.24, 2.45) is 0 Å². The summed E-state index contributed by atoms with van der Waals surface area (Å²) >= 11 is 2.23. The van der Waals surface area contributed by atoms with Gasteiger partial charge in [-0.05, 0) is 34.7 Å². The van der Waals surface area contributed by atoms with Crippen LogP contribution in [0.25, 0.3) is 11.0 Å². The van der Waals surface area contributed by atoms with Crippen molar-refractivity contribution in [1.29, 1.82) is 0 Å². The summed E-state index contributed by atoms with van der Waals surface area (Å²) in [6.07, 6.45) is 0.632. The van der Waals surface area contributed by atoms with Crippen LogP contribution in [0.2, 0.25) is 0 Å². The van der Waals surface area contributed by atoms with Gasteiger partial charge in [-0.1, -0.05) is 12.1 Å². The molecule has 3 rings (SSSR count). The Kier molecular flexibility index (Phi) is 1.98. The van der Waals surface area contributed by atoms with Crippen LogP contribution in [0.15, 0.2) is 28.7 Å². The Morgan fingerprint density at radius 2 is 2.13 bits per heavy atom. The number of hydrogen-bond donors (Lipinski definition) is 0. The lowest BCUT2D eigenvalue weighted by molar-refractivity contribution is -0.122. The number of para-hydroxylation sites is 1. The summed E-state index contributed by atoms with van der Waals surface area (Å²) in [5.41, 5.74) is 0.844. The van der Waals surface area contributed by atoms with Crippen molar-refractivity contribution in [1.82, 2.24) is 0 Å². The average molecular weight is 313 g/mol. The molecule has 0 radical (unpaired) electrons. The van der Waals surface area contributed by atoms with Crippen molar-refractivity contribution >= 4 is 45.4 Å². The molecule has 76 valence electrons. The van der Waals surface area contributed by atoms with Crippen LogP contribution in [0.3, 0.4) is 0 Å². The van der Waals surface area contributed by atoms with Crippen LogP contribution >= 0.6 is 22.6 Å². The van der Waals surface area contributed by atoms with E-state index in [1.165, 1.54) is 0 Å². The number of amides is 1. The predicted molar refractivity (Wildman–Crippen MR) is 65.9 cm³/mol. The van der Waals surface area contributed by atoms with Gasteiger partial charge >= 0.3 is 0 Å². The van der Waals surface area contributed by atoms with Gasteiger partial charge in [0.05, 0.1) is 3.57 Å². The minimum Gasteiger partial charge on any atom is -0.439 e. The molecule has 1 amide bonds. The number of carbonyl (C=O) groups excluding carboxylic acids is 1. The second-order valence-corrected chi connectivity index (χ2v) is 4.59. The first-order chi connectivity index (χ1) is 7.27. The summed E-state index contributed by atoms with van der Waals surface area (Å²) in [7, 11) is 0. The molecule has 0 spiro atoms. The lowest BCUT2D eigenvalue weighted by Gasteiger charge is -2.28. The third-order valence-corrected chi connectivity index (χ3v) is 3.66. The zero-order valence-corrected chi connectivity index (χ0v) is 10.0. The monoisotopic (exact) mass is 313 g/mol. The normalized spacial score (nSPS) is 15.8. The molecule has 1 aliphatic rings. The Hall–Kier alpha value is -1.04. The van der Waals surface area contributed by atoms with Gasteiger partial charge in [0.2, 0.25) is 11.8 Å². The van der Waals surface area contributed by atoms with E-state index in [2.05, 4.69) is 22.6 Å². The Bertz CT molecular complexity index is 547. The van der Waals surface area contributed by atoms with E-state index >= 15 is 0 Å². The van der Waals surface area contributed by atoms with Crippen molar-refractivity contribution in [3.63, 3.8) is 0 Å². The van der Waals surface area contributed by atoms with Crippen molar-refractivity contribution < 1.29 is 9.21 Å². The van der Waals surface area contributed by atoms with Gasteiger partial charge in [0, 0.05) is 18.4 Å². The molecule has 1 aliphatic heterocycles. The number of rotatable bonds is 1. The summed E-state index contributed by atoms with van der Waals surface area (Å²) < 4.78 is 6.70. The minimum absolute atomic E-state index is 0.145. The van der Waals surface area contributed by atoms with E-state index in [0.29, 0.717) is 12.3 Å². The third kappa shape index (κ3) is 1.27. The summed E-state index contributed by atoms with van der Waals surface area (Å²) in [4.78, 5) is 13.0. The smallest absolute Gasteiger partial charge is 0.231 e. The SMILES string of the molecule is O=C1CCN1c1oc2ccccc2c1I. The Labute approximate surface area is 100 Å². The molecule has 0 bridgehead atoms. The quantitative estimate of drug-likeness (QED) is 0.599. The Balaban J connectivity index is 2.19. The number of nitrogens with zero attached hydrogens (tertiary/aromatic N) is 1. The van der Waals surface area contributed by atoms with Gasteiger partial charge in [-0.2, -0.15) is 0 Å². The molecule has 4 heteroatoms. The molecule has 3 nitrogen and oxygen atoms in total. The van der Waals surface area contributed by atoms with E-state index in [9.17, 15) is 4.79 Å². The maximum Gasteiger partial charge on any atom is 0.231 e. The van der Waals surface area contributed by atoms with E-state index in [0.717, 1.165) is 21.1 Å². The van der Waals surface area contributed by atoms with Crippen LogP contribution in [-0.2, 0) is 4.79 Å². The lowest BCUT2D eigenvalue weighted by atomic mass is 10.2. The number of carbonyl (C=O) groups is 1. The molecule has 0 saturated carbocycles. The van der Waals surface area contributed by atoms with Crippen LogP contribution < -0.4 is 4.90 Å². The molecular weight excluding hydrogens is 305 g/mol. The maximum absolute atomic E-state index is 11.3. The zero-order valence-electron chi connectivity index (χ0n) is 7.87. The van der Waals surface area contributed by atoms with Gasteiger partial charge in [-0.25, -0.2) is 0 Å². The van der Waals surface area contributed by atoms with E-state index in [-0.39, 0.29) is 5.91 Å². The van der Waals surface area contributed by atoms with Gasteiger partial charge < -0.3 is 4.42 Å². The van der Waals surface area contributed by atoms with Crippen LogP contribution in [0.4, 0.5) is 5.88 Å². The topological polar surface area (TPSA) is 33.5 Å². The number of benzene rings is 1. The maximum atomic E-state index is 11.3. The molecule has 2 heterocycles. The van der Waals surface area contributed by atoms with E-state index in [4.69, 9.17) is 4.42 Å². The Morgan fingerprint density at radius 1 is 1.33 bits per heavy atom. The number of β-lactam (4-membered cyclic amide) rings is 1. The van der Waals surface area contributed by atoms with Crippen molar-refractivity contribution in [2.75, 3.05) is 11.4 Å². The fourth-order valence-corrected chi connectivity index (χ4v) is 2.55. The van der Waals surface area contributed by atoms with E-state index in [1.807, 2.05) is 24.3 Å². The van der Waals surface area contributed by atoms with Crippen molar-refractivity contribution in [2.45, 2.75) is 6.42 Å². The van der Waals surface area contributed by atoms with Gasteiger partial charge in [-0.3, -0.25) is 9.69 Å². The van der Waals surface area contributed by atoms with Crippen molar-refractivity contribution in [3.05, 3.63) is 27.8 Å². The molecule has 0 atom stereocenters. The van der Waals surface area contributed by atoms with Crippen LogP contribution in [0.5, 0.6) is 0 Å². The molecule has 0 unspecified atom stereocenters. The summed E-state index contributed by atoms with van der Waals surface area (Å²) in [5.74, 6) is 0.847. The molecule has 1 aromatic heterocycles. The van der Waals surface area contributed by atoms with Gasteiger partial charge in [0.1, 0.15) is 5.58 Å². The largest absolute Gasteiger partial charge is 0.439 e. The molecular formula is C11H8INO2. The highest BCUT2D eigenvalue weighted by molar-refractivity contribution is 14.1. The average Bonchev–Trinajstić information content (AvgIpc) is 2.55. The standard InChI is InChI=1S/C11H8INO2/c12-10-7-3-1-2-4-8(7)15-11(10)13-6-5-9(13)14/h1-4H,5-6H2. The number of anilines is 1. The highest BCUT2D eigenvalue weighted by atomic mass is 127. The second kappa shape index (κ2) is 3.23. The molecule has 1 aromatic carbocycles. The molecule has 15 heavy (non-hydrogen) atoms. The summed E-state index contributed by atoms with van der Waals surface area (Å²) in [5, 5.41) is 1.08. The van der Waals surface area contributed by atoms with Crippen LogP contribution in [-0.4, -0.2) is 12.5 Å². The zero-order chi connectivity index (χ0) is 10.4. The summed E-state index contributed by atoms with van der Waals surface area (Å²) in [6, 6.07) is 7.84. The number of halogens is 1. The first kappa shape index (κ1) is 9.21. The molecule has 0 aliphatic carbocycles. The lowest BCUT2D eigenvalue weighted by Crippen LogP contribution is -2.43. The molecule has 1 saturated heterocycles. The molecule has 2 aromatic rings. The van der Waals surface area contributed by atoms with Gasteiger partial charge in [0.15, 0.2) is 0 Å². The fraction of sp³-hybridized carbons (Fsp3) is 0.182. The highest BCUT2D eigenvalue weighted by Crippen LogP contribution is 2.35. The highest BCUT2D eigenvalue weighted by Gasteiger charge is 2.30. The number of hydrogen-bond acceptors (Lipinski definition) is 2. The summed E-state index contributed by atoms with van der Waals surface area (Å²) in [6.45, 7) is 0.772. The Morgan fingerprint density at radius 3 is 2.73 bits per heavy atom. The first-order valence-corrected chi connectivity index (χ1v) is 5.82. The number of furan rings is 1.